The fourth-order valence-electron chi connectivity index (χ4n) is 3.60. The Morgan fingerprint density at radius 3 is 2.54 bits per heavy atom. The molecular formula is C21H21N3O2. The van der Waals surface area contributed by atoms with Crippen molar-refractivity contribution >= 4 is 5.78 Å². The predicted octanol–water partition coefficient (Wildman–Crippen LogP) is 3.79. The molecule has 3 aromatic rings. The average Bonchev–Trinajstić information content (AvgIpc) is 3.05. The van der Waals surface area contributed by atoms with Crippen LogP contribution in [0.25, 0.3) is 22.6 Å². The van der Waals surface area contributed by atoms with Gasteiger partial charge in [-0.2, -0.15) is 5.10 Å². The molecule has 1 atom stereocenters. The molecule has 0 aliphatic carbocycles. The van der Waals surface area contributed by atoms with Gasteiger partial charge in [-0.15, -0.1) is 0 Å². The summed E-state index contributed by atoms with van der Waals surface area (Å²) in [4.78, 5) is 24.3. The molecule has 1 aliphatic rings. The fourth-order valence-corrected chi connectivity index (χ4v) is 3.60. The summed E-state index contributed by atoms with van der Waals surface area (Å²) >= 11 is 0. The van der Waals surface area contributed by atoms with Gasteiger partial charge < -0.3 is 4.57 Å². The number of benzene rings is 1. The zero-order valence-corrected chi connectivity index (χ0v) is 15.1. The van der Waals surface area contributed by atoms with Crippen LogP contribution in [0.2, 0.25) is 0 Å². The van der Waals surface area contributed by atoms with Gasteiger partial charge in [0.25, 0.3) is 0 Å². The number of aromatic nitrogens is 3. The molecule has 1 aromatic carbocycles. The molecule has 5 nitrogen and oxygen atoms in total. The van der Waals surface area contributed by atoms with Crippen molar-refractivity contribution in [3.05, 3.63) is 64.4 Å². The van der Waals surface area contributed by atoms with Gasteiger partial charge in [0, 0.05) is 17.8 Å². The molecule has 132 valence electrons. The van der Waals surface area contributed by atoms with Crippen LogP contribution in [0.1, 0.15) is 37.2 Å². The lowest BCUT2D eigenvalue weighted by molar-refractivity contribution is 0.101. The Labute approximate surface area is 151 Å². The minimum Gasteiger partial charge on any atom is -0.340 e. The average molecular weight is 347 g/mol. The summed E-state index contributed by atoms with van der Waals surface area (Å²) in [5, 5.41) is 4.77. The second kappa shape index (κ2) is 6.09. The number of hydrogen-bond donors (Lipinski definition) is 0. The first kappa shape index (κ1) is 16.5. The number of ketones is 1. The van der Waals surface area contributed by atoms with Crippen molar-refractivity contribution in [2.45, 2.75) is 33.4 Å². The molecule has 26 heavy (non-hydrogen) atoms. The largest absolute Gasteiger partial charge is 0.340 e. The molecule has 0 bridgehead atoms. The number of fused-ring (bicyclic) bond motifs is 3. The smallest absolute Gasteiger partial charge is 0.193 e. The molecule has 5 heteroatoms. The predicted molar refractivity (Wildman–Crippen MR) is 101 cm³/mol. The van der Waals surface area contributed by atoms with Crippen molar-refractivity contribution in [2.24, 2.45) is 5.92 Å². The summed E-state index contributed by atoms with van der Waals surface area (Å²) in [5.74, 6) is 0.144. The van der Waals surface area contributed by atoms with Crippen LogP contribution in [0.4, 0.5) is 0 Å². The highest BCUT2D eigenvalue weighted by molar-refractivity contribution is 5.94. The summed E-state index contributed by atoms with van der Waals surface area (Å²) in [6, 6.07) is 13.7. The zero-order chi connectivity index (χ0) is 18.4. The van der Waals surface area contributed by atoms with Gasteiger partial charge in [0.15, 0.2) is 11.2 Å². The third-order valence-electron chi connectivity index (χ3n) is 5.06. The van der Waals surface area contributed by atoms with E-state index in [1.54, 1.807) is 12.3 Å². The highest BCUT2D eigenvalue weighted by atomic mass is 16.1. The van der Waals surface area contributed by atoms with Crippen LogP contribution >= 0.6 is 0 Å². The van der Waals surface area contributed by atoms with E-state index in [-0.39, 0.29) is 22.8 Å². The number of pyridine rings is 1. The van der Waals surface area contributed by atoms with Gasteiger partial charge in [0.05, 0.1) is 35.2 Å². The Balaban J connectivity index is 1.93. The van der Waals surface area contributed by atoms with E-state index in [0.29, 0.717) is 12.5 Å². The first-order valence-corrected chi connectivity index (χ1v) is 8.86. The van der Waals surface area contributed by atoms with E-state index < -0.39 is 0 Å². The third-order valence-corrected chi connectivity index (χ3v) is 5.06. The van der Waals surface area contributed by atoms with E-state index in [4.69, 9.17) is 5.10 Å². The first-order valence-electron chi connectivity index (χ1n) is 8.86. The van der Waals surface area contributed by atoms with E-state index in [1.807, 2.05) is 41.1 Å². The van der Waals surface area contributed by atoms with Crippen LogP contribution in [-0.2, 0) is 6.54 Å². The maximum atomic E-state index is 12.4. The Hall–Kier alpha value is -2.95. The van der Waals surface area contributed by atoms with Gasteiger partial charge >= 0.3 is 0 Å². The molecule has 0 spiro atoms. The molecule has 4 rings (SSSR count). The zero-order valence-electron chi connectivity index (χ0n) is 15.1. The van der Waals surface area contributed by atoms with Crippen molar-refractivity contribution in [1.82, 2.24) is 14.3 Å². The summed E-state index contributed by atoms with van der Waals surface area (Å²) in [6.45, 7) is 6.45. The maximum Gasteiger partial charge on any atom is 0.193 e. The van der Waals surface area contributed by atoms with Crippen LogP contribution in [0.5, 0.6) is 0 Å². The summed E-state index contributed by atoms with van der Waals surface area (Å²) in [7, 11) is 0. The second-order valence-corrected chi connectivity index (χ2v) is 7.17. The monoisotopic (exact) mass is 347 g/mol. The number of nitrogens with zero attached hydrogens (tertiary/aromatic N) is 3. The van der Waals surface area contributed by atoms with Gasteiger partial charge in [-0.05, 0) is 18.9 Å². The number of Topliss-reactive ketones (excluding diaryl/α,β-unsaturated/α-hetero) is 1. The van der Waals surface area contributed by atoms with Gasteiger partial charge in [0.1, 0.15) is 0 Å². The lowest BCUT2D eigenvalue weighted by Gasteiger charge is -2.32. The molecule has 1 aliphatic heterocycles. The number of hydrogen-bond acceptors (Lipinski definition) is 3. The molecular weight excluding hydrogens is 326 g/mol. The molecule has 0 unspecified atom stereocenters. The van der Waals surface area contributed by atoms with Crippen molar-refractivity contribution < 1.29 is 4.79 Å². The van der Waals surface area contributed by atoms with E-state index in [1.165, 1.54) is 6.92 Å². The normalized spacial score (nSPS) is 15.6. The summed E-state index contributed by atoms with van der Waals surface area (Å²) in [5.41, 5.74) is 3.68. The van der Waals surface area contributed by atoms with Crippen LogP contribution < -0.4 is 5.43 Å². The molecule has 0 saturated carbocycles. The van der Waals surface area contributed by atoms with Crippen molar-refractivity contribution in [3.63, 3.8) is 0 Å². The Bertz CT molecular complexity index is 1040. The van der Waals surface area contributed by atoms with Crippen LogP contribution in [-0.4, -0.2) is 20.1 Å². The molecule has 0 N–H and O–H groups in total. The Morgan fingerprint density at radius 2 is 1.88 bits per heavy atom. The van der Waals surface area contributed by atoms with Gasteiger partial charge in [0.2, 0.25) is 0 Å². The minimum atomic E-state index is -0.234. The molecule has 3 heterocycles. The topological polar surface area (TPSA) is 56.9 Å². The lowest BCUT2D eigenvalue weighted by Crippen LogP contribution is -2.30. The quantitative estimate of drug-likeness (QED) is 0.677. The number of carbonyl (C=O) groups excluding carboxylic acids is 1. The van der Waals surface area contributed by atoms with Crippen LogP contribution in [0, 0.1) is 5.92 Å². The molecule has 2 aromatic heterocycles. The van der Waals surface area contributed by atoms with E-state index in [2.05, 4.69) is 18.4 Å². The highest BCUT2D eigenvalue weighted by Gasteiger charge is 2.28. The molecule has 0 fully saturated rings. The fraction of sp³-hybridized carbons (Fsp3) is 0.286. The van der Waals surface area contributed by atoms with Crippen LogP contribution in [0.3, 0.4) is 0 Å². The summed E-state index contributed by atoms with van der Waals surface area (Å²) < 4.78 is 4.06. The minimum absolute atomic E-state index is 0.139. The molecule has 0 amide bonds. The third kappa shape index (κ3) is 2.60. The number of rotatable bonds is 3. The molecule has 0 radical (unpaired) electrons. The first-order chi connectivity index (χ1) is 12.5. The van der Waals surface area contributed by atoms with E-state index in [9.17, 15) is 9.59 Å². The Kier molecular flexibility index (Phi) is 3.87. The second-order valence-electron chi connectivity index (χ2n) is 7.17. The number of carbonyl (C=O) groups is 1. The van der Waals surface area contributed by atoms with Gasteiger partial charge in [-0.3, -0.25) is 14.3 Å². The standard InChI is InChI=1S/C21H21N3O2/c1-13(2)20-12-24-19(9-17(22-24)15-7-5-4-6-8-15)18-10-21(26)16(14(3)25)11-23(18)20/h4-11,13,20H,12H2,1-3H3/t20-/m0/s1. The van der Waals surface area contributed by atoms with Gasteiger partial charge in [-0.1, -0.05) is 44.2 Å². The SMILES string of the molecule is CC(=O)c1cn2c(cc1=O)-c1cc(-c3ccccc3)nn1C[C@H]2C(C)C. The maximum absolute atomic E-state index is 12.4. The van der Waals surface area contributed by atoms with Crippen molar-refractivity contribution in [1.29, 1.82) is 0 Å². The van der Waals surface area contributed by atoms with Crippen LogP contribution in [0.15, 0.2) is 53.5 Å². The summed E-state index contributed by atoms with van der Waals surface area (Å²) in [6.07, 6.45) is 1.73. The lowest BCUT2D eigenvalue weighted by atomic mass is 9.99. The Morgan fingerprint density at radius 1 is 1.15 bits per heavy atom. The van der Waals surface area contributed by atoms with Crippen molar-refractivity contribution in [2.75, 3.05) is 0 Å². The van der Waals surface area contributed by atoms with Gasteiger partial charge in [-0.25, -0.2) is 0 Å². The van der Waals surface area contributed by atoms with Crippen molar-refractivity contribution in [3.8, 4) is 22.6 Å². The molecule has 0 saturated heterocycles. The highest BCUT2D eigenvalue weighted by Crippen LogP contribution is 2.35. The van der Waals surface area contributed by atoms with E-state index >= 15 is 0 Å². The van der Waals surface area contributed by atoms with E-state index in [0.717, 1.165) is 22.6 Å².